The normalized spacial score (nSPS) is 12.8. The van der Waals surface area contributed by atoms with Crippen molar-refractivity contribution in [1.82, 2.24) is 0 Å². The zero-order valence-electron chi connectivity index (χ0n) is 5.73. The van der Waals surface area contributed by atoms with Crippen LogP contribution in [0.1, 0.15) is 4.88 Å². The van der Waals surface area contributed by atoms with Crippen LogP contribution in [0.15, 0.2) is 17.5 Å². The minimum absolute atomic E-state index is 0.201. The number of carboxylic acid groups (broad SMARTS) is 1. The van der Waals surface area contributed by atoms with E-state index in [2.05, 4.69) is 0 Å². The summed E-state index contributed by atoms with van der Waals surface area (Å²) in [6, 6.07) is 3.63. The minimum Gasteiger partial charge on any atom is -0.479 e. The van der Waals surface area contributed by atoms with Crippen molar-refractivity contribution < 1.29 is 15.0 Å². The van der Waals surface area contributed by atoms with Gasteiger partial charge in [0.15, 0.2) is 6.10 Å². The Labute approximate surface area is 67.9 Å². The van der Waals surface area contributed by atoms with Crippen molar-refractivity contribution in [1.29, 1.82) is 0 Å². The van der Waals surface area contributed by atoms with E-state index in [0.29, 0.717) is 0 Å². The summed E-state index contributed by atoms with van der Waals surface area (Å²) in [5.74, 6) is -1.17. The third-order valence-electron chi connectivity index (χ3n) is 1.26. The van der Waals surface area contributed by atoms with Crippen molar-refractivity contribution in [3.8, 4) is 0 Å². The van der Waals surface area contributed by atoms with E-state index in [-0.39, 0.29) is 6.42 Å². The molecule has 0 unspecified atom stereocenters. The van der Waals surface area contributed by atoms with E-state index in [4.69, 9.17) is 10.2 Å². The Hall–Kier alpha value is -0.870. The van der Waals surface area contributed by atoms with Crippen molar-refractivity contribution in [2.75, 3.05) is 0 Å². The summed E-state index contributed by atoms with van der Waals surface area (Å²) in [5, 5.41) is 19.1. The SMILES string of the molecule is O=C(O)[C@@H](O)Cc1cccs1. The molecule has 1 atom stereocenters. The van der Waals surface area contributed by atoms with Crippen LogP contribution in [-0.2, 0) is 11.2 Å². The molecule has 1 aromatic heterocycles. The summed E-state index contributed by atoms with van der Waals surface area (Å²) in [7, 11) is 0. The first-order chi connectivity index (χ1) is 5.20. The molecule has 0 aliphatic rings. The molecule has 1 heterocycles. The predicted molar refractivity (Wildman–Crippen MR) is 41.7 cm³/mol. The van der Waals surface area contributed by atoms with Gasteiger partial charge in [-0.15, -0.1) is 11.3 Å². The molecule has 0 aromatic carbocycles. The molecular weight excluding hydrogens is 164 g/mol. The summed E-state index contributed by atoms with van der Waals surface area (Å²) in [5.41, 5.74) is 0. The van der Waals surface area contributed by atoms with Gasteiger partial charge in [-0.1, -0.05) is 6.07 Å². The van der Waals surface area contributed by atoms with Crippen LogP contribution in [0.25, 0.3) is 0 Å². The Bertz CT molecular complexity index is 230. The fourth-order valence-electron chi connectivity index (χ4n) is 0.707. The van der Waals surface area contributed by atoms with Gasteiger partial charge in [-0.05, 0) is 11.4 Å². The molecule has 60 valence electrons. The second-order valence-corrected chi connectivity index (χ2v) is 3.17. The fraction of sp³-hybridized carbons (Fsp3) is 0.286. The van der Waals surface area contributed by atoms with Crippen molar-refractivity contribution in [3.05, 3.63) is 22.4 Å². The maximum absolute atomic E-state index is 10.2. The highest BCUT2D eigenvalue weighted by Gasteiger charge is 2.13. The first kappa shape index (κ1) is 8.23. The average molecular weight is 172 g/mol. The summed E-state index contributed by atoms with van der Waals surface area (Å²) < 4.78 is 0. The molecule has 11 heavy (non-hydrogen) atoms. The first-order valence-electron chi connectivity index (χ1n) is 3.13. The molecule has 0 aliphatic carbocycles. The van der Waals surface area contributed by atoms with Gasteiger partial charge in [-0.2, -0.15) is 0 Å². The van der Waals surface area contributed by atoms with Gasteiger partial charge in [0.1, 0.15) is 0 Å². The number of aliphatic hydroxyl groups excluding tert-OH is 1. The molecule has 0 saturated carbocycles. The fourth-order valence-corrected chi connectivity index (χ4v) is 1.45. The van der Waals surface area contributed by atoms with E-state index in [1.54, 1.807) is 6.07 Å². The Morgan fingerprint density at radius 3 is 2.91 bits per heavy atom. The summed E-state index contributed by atoms with van der Waals surface area (Å²) in [4.78, 5) is 11.1. The maximum Gasteiger partial charge on any atom is 0.332 e. The minimum atomic E-state index is -1.27. The molecule has 2 N–H and O–H groups in total. The van der Waals surface area contributed by atoms with Crippen molar-refractivity contribution in [2.45, 2.75) is 12.5 Å². The van der Waals surface area contributed by atoms with E-state index in [0.717, 1.165) is 4.88 Å². The third-order valence-corrected chi connectivity index (χ3v) is 2.16. The molecule has 4 heteroatoms. The quantitative estimate of drug-likeness (QED) is 0.706. The van der Waals surface area contributed by atoms with E-state index in [1.807, 2.05) is 11.4 Å². The van der Waals surface area contributed by atoms with Crippen LogP contribution in [0.3, 0.4) is 0 Å². The lowest BCUT2D eigenvalue weighted by molar-refractivity contribution is -0.146. The summed E-state index contributed by atoms with van der Waals surface area (Å²) in [6.45, 7) is 0. The standard InChI is InChI=1S/C7H8O3S/c8-6(7(9)10)4-5-2-1-3-11-5/h1-3,6,8H,4H2,(H,9,10)/t6-/m0/s1. The van der Waals surface area contributed by atoms with Crippen LogP contribution < -0.4 is 0 Å². The van der Waals surface area contributed by atoms with Gasteiger partial charge in [0.05, 0.1) is 0 Å². The van der Waals surface area contributed by atoms with E-state index in [1.165, 1.54) is 11.3 Å². The maximum atomic E-state index is 10.2. The number of aliphatic hydroxyl groups is 1. The Kier molecular flexibility index (Phi) is 2.62. The third kappa shape index (κ3) is 2.32. The van der Waals surface area contributed by atoms with Crippen molar-refractivity contribution in [3.63, 3.8) is 0 Å². The van der Waals surface area contributed by atoms with Crippen LogP contribution in [-0.4, -0.2) is 22.3 Å². The molecule has 0 bridgehead atoms. The van der Waals surface area contributed by atoms with Crippen LogP contribution in [0.4, 0.5) is 0 Å². The van der Waals surface area contributed by atoms with Crippen LogP contribution in [0, 0.1) is 0 Å². The predicted octanol–water partition coefficient (Wildman–Crippen LogP) is 0.736. The van der Waals surface area contributed by atoms with Crippen LogP contribution in [0.2, 0.25) is 0 Å². The molecule has 0 amide bonds. The van der Waals surface area contributed by atoms with Gasteiger partial charge >= 0.3 is 5.97 Å². The molecule has 0 aliphatic heterocycles. The van der Waals surface area contributed by atoms with Gasteiger partial charge in [0.2, 0.25) is 0 Å². The molecule has 0 spiro atoms. The average Bonchev–Trinajstić information content (AvgIpc) is 2.39. The number of carboxylic acids is 1. The topological polar surface area (TPSA) is 57.5 Å². The van der Waals surface area contributed by atoms with E-state index < -0.39 is 12.1 Å². The first-order valence-corrected chi connectivity index (χ1v) is 4.01. The van der Waals surface area contributed by atoms with Gasteiger partial charge in [0.25, 0.3) is 0 Å². The van der Waals surface area contributed by atoms with E-state index in [9.17, 15) is 4.79 Å². The molecular formula is C7H8O3S. The summed E-state index contributed by atoms with van der Waals surface area (Å²) >= 11 is 1.45. The second kappa shape index (κ2) is 3.50. The molecule has 0 fully saturated rings. The highest BCUT2D eigenvalue weighted by molar-refractivity contribution is 7.09. The molecule has 1 rings (SSSR count). The largest absolute Gasteiger partial charge is 0.479 e. The zero-order chi connectivity index (χ0) is 8.27. The van der Waals surface area contributed by atoms with Crippen LogP contribution in [0.5, 0.6) is 0 Å². The highest BCUT2D eigenvalue weighted by atomic mass is 32.1. The Balaban J connectivity index is 2.50. The monoisotopic (exact) mass is 172 g/mol. The number of hydrogen-bond acceptors (Lipinski definition) is 3. The molecule has 0 radical (unpaired) electrons. The van der Waals surface area contributed by atoms with Crippen molar-refractivity contribution in [2.24, 2.45) is 0 Å². The molecule has 3 nitrogen and oxygen atoms in total. The van der Waals surface area contributed by atoms with Crippen LogP contribution >= 0.6 is 11.3 Å². The van der Waals surface area contributed by atoms with Crippen molar-refractivity contribution >= 4 is 17.3 Å². The number of aliphatic carboxylic acids is 1. The second-order valence-electron chi connectivity index (χ2n) is 2.14. The Morgan fingerprint density at radius 2 is 2.45 bits per heavy atom. The number of rotatable bonds is 3. The lowest BCUT2D eigenvalue weighted by atomic mass is 10.2. The lowest BCUT2D eigenvalue weighted by Gasteiger charge is -2.01. The molecule has 1 aromatic rings. The number of hydrogen-bond donors (Lipinski definition) is 2. The zero-order valence-corrected chi connectivity index (χ0v) is 6.54. The highest BCUT2D eigenvalue weighted by Crippen LogP contribution is 2.10. The van der Waals surface area contributed by atoms with Gasteiger partial charge in [0, 0.05) is 11.3 Å². The lowest BCUT2D eigenvalue weighted by Crippen LogP contribution is -2.21. The molecule has 0 saturated heterocycles. The summed E-state index contributed by atoms with van der Waals surface area (Å²) in [6.07, 6.45) is -1.07. The van der Waals surface area contributed by atoms with E-state index >= 15 is 0 Å². The van der Waals surface area contributed by atoms with Gasteiger partial charge in [-0.25, -0.2) is 4.79 Å². The smallest absolute Gasteiger partial charge is 0.332 e. The van der Waals surface area contributed by atoms with Gasteiger partial charge < -0.3 is 10.2 Å². The Morgan fingerprint density at radius 1 is 1.73 bits per heavy atom. The number of thiophene rings is 1. The van der Waals surface area contributed by atoms with Gasteiger partial charge in [-0.3, -0.25) is 0 Å². The number of carbonyl (C=O) groups is 1.